The second-order valence-electron chi connectivity index (χ2n) is 7.07. The van der Waals surface area contributed by atoms with Gasteiger partial charge in [0, 0.05) is 37.4 Å². The third-order valence-electron chi connectivity index (χ3n) is 5.07. The van der Waals surface area contributed by atoms with E-state index in [2.05, 4.69) is 32.3 Å². The molecule has 1 atom stereocenters. The minimum absolute atomic E-state index is 0.0803. The van der Waals surface area contributed by atoms with Gasteiger partial charge in [0.05, 0.1) is 0 Å². The fraction of sp³-hybridized carbons (Fsp3) is 0.526. The summed E-state index contributed by atoms with van der Waals surface area (Å²) in [4.78, 5) is 23.2. The molecule has 1 saturated carbocycles. The van der Waals surface area contributed by atoms with Crippen molar-refractivity contribution in [3.05, 3.63) is 47.9 Å². The first-order valence-electron chi connectivity index (χ1n) is 9.15. The smallest absolute Gasteiger partial charge is 0.273 e. The van der Waals surface area contributed by atoms with E-state index in [0.29, 0.717) is 11.6 Å². The number of likely N-dealkylation sites (tertiary alicyclic amines) is 1. The number of hydrogen-bond acceptors (Lipinski definition) is 5. The molecule has 2 fully saturated rings. The van der Waals surface area contributed by atoms with Crippen molar-refractivity contribution in [2.45, 2.75) is 50.6 Å². The lowest BCUT2D eigenvalue weighted by Gasteiger charge is -2.20. The number of amides is 1. The fourth-order valence-electron chi connectivity index (χ4n) is 3.52. The molecule has 1 amide bonds. The average Bonchev–Trinajstić information content (AvgIpc) is 3.39. The third kappa shape index (κ3) is 4.07. The number of oxazole rings is 1. The van der Waals surface area contributed by atoms with Crippen LogP contribution in [0.5, 0.6) is 0 Å². The number of pyridine rings is 1. The van der Waals surface area contributed by atoms with Crippen LogP contribution in [-0.4, -0.2) is 39.9 Å². The van der Waals surface area contributed by atoms with Gasteiger partial charge in [-0.2, -0.15) is 0 Å². The molecular weight excluding hydrogens is 316 g/mol. The molecule has 0 aromatic carbocycles. The fourth-order valence-corrected chi connectivity index (χ4v) is 3.52. The Labute approximate surface area is 147 Å². The van der Waals surface area contributed by atoms with Crippen LogP contribution < -0.4 is 5.32 Å². The van der Waals surface area contributed by atoms with Gasteiger partial charge in [0.1, 0.15) is 5.76 Å². The highest BCUT2D eigenvalue weighted by molar-refractivity contribution is 5.93. The first-order valence-corrected chi connectivity index (χ1v) is 9.15. The molecule has 2 aromatic heterocycles. The average molecular weight is 340 g/mol. The molecule has 1 aliphatic carbocycles. The second kappa shape index (κ2) is 7.35. The summed E-state index contributed by atoms with van der Waals surface area (Å²) in [5.41, 5.74) is 1.77. The maximum atomic E-state index is 12.6. The minimum Gasteiger partial charge on any atom is -0.447 e. The molecule has 1 N–H and O–H groups in total. The zero-order valence-electron chi connectivity index (χ0n) is 14.4. The summed E-state index contributed by atoms with van der Waals surface area (Å²) in [6.07, 6.45) is 10.3. The van der Waals surface area contributed by atoms with Crippen LogP contribution in [-0.2, 0) is 6.54 Å². The Hall–Kier alpha value is -2.21. The summed E-state index contributed by atoms with van der Waals surface area (Å²) in [6.45, 7) is 2.99. The van der Waals surface area contributed by atoms with Crippen molar-refractivity contribution < 1.29 is 9.21 Å². The number of rotatable bonds is 5. The van der Waals surface area contributed by atoms with E-state index in [1.165, 1.54) is 12.0 Å². The minimum atomic E-state index is -0.0803. The Balaban J connectivity index is 1.32. The van der Waals surface area contributed by atoms with Crippen LogP contribution in [0.2, 0.25) is 0 Å². The molecule has 1 saturated heterocycles. The van der Waals surface area contributed by atoms with Gasteiger partial charge in [-0.05, 0) is 56.3 Å². The van der Waals surface area contributed by atoms with Crippen LogP contribution >= 0.6 is 0 Å². The lowest BCUT2D eigenvalue weighted by Crippen LogP contribution is -2.36. The van der Waals surface area contributed by atoms with Gasteiger partial charge in [-0.15, -0.1) is 0 Å². The Morgan fingerprint density at radius 2 is 2.04 bits per heavy atom. The van der Waals surface area contributed by atoms with E-state index in [9.17, 15) is 4.79 Å². The highest BCUT2D eigenvalue weighted by Gasteiger charge is 2.33. The van der Waals surface area contributed by atoms with Crippen molar-refractivity contribution in [1.29, 1.82) is 0 Å². The molecule has 2 aliphatic rings. The summed E-state index contributed by atoms with van der Waals surface area (Å²) in [5, 5.41) is 3.17. The third-order valence-corrected chi connectivity index (χ3v) is 5.07. The predicted octanol–water partition coefficient (Wildman–Crippen LogP) is 2.73. The van der Waals surface area contributed by atoms with Gasteiger partial charge < -0.3 is 9.73 Å². The maximum absolute atomic E-state index is 12.6. The Bertz CT molecular complexity index is 711. The number of aromatic nitrogens is 2. The molecule has 2 aromatic rings. The van der Waals surface area contributed by atoms with Crippen LogP contribution in [0, 0.1) is 0 Å². The lowest BCUT2D eigenvalue weighted by molar-refractivity contribution is 0.0926. The quantitative estimate of drug-likeness (QED) is 0.906. The zero-order chi connectivity index (χ0) is 17.1. The molecule has 1 aliphatic heterocycles. The Morgan fingerprint density at radius 1 is 1.20 bits per heavy atom. The van der Waals surface area contributed by atoms with Gasteiger partial charge in [-0.1, -0.05) is 0 Å². The van der Waals surface area contributed by atoms with E-state index in [1.54, 1.807) is 0 Å². The summed E-state index contributed by atoms with van der Waals surface area (Å²) in [7, 11) is 0. The molecule has 0 radical (unpaired) electrons. The van der Waals surface area contributed by atoms with E-state index < -0.39 is 0 Å². The molecule has 1 unspecified atom stereocenters. The van der Waals surface area contributed by atoms with E-state index >= 15 is 0 Å². The molecule has 4 rings (SSSR count). The first-order chi connectivity index (χ1) is 12.3. The standard InChI is InChI=1S/C19H24N4O2/c24-19(17-18(15-3-4-15)25-13-21-17)22-16-2-1-10-23(11-7-16)12-14-5-8-20-9-6-14/h5-6,8-9,13,15-16H,1-4,7,10-12H2,(H,22,24). The molecular formula is C19H24N4O2. The van der Waals surface area contributed by atoms with Crippen LogP contribution in [0.3, 0.4) is 0 Å². The highest BCUT2D eigenvalue weighted by atomic mass is 16.3. The summed E-state index contributed by atoms with van der Waals surface area (Å²) >= 11 is 0. The van der Waals surface area contributed by atoms with Gasteiger partial charge in [-0.3, -0.25) is 14.7 Å². The lowest BCUT2D eigenvalue weighted by atomic mass is 10.1. The van der Waals surface area contributed by atoms with Crippen molar-refractivity contribution in [3.8, 4) is 0 Å². The number of carbonyl (C=O) groups is 1. The van der Waals surface area contributed by atoms with Crippen molar-refractivity contribution in [2.75, 3.05) is 13.1 Å². The van der Waals surface area contributed by atoms with E-state index in [4.69, 9.17) is 4.42 Å². The largest absolute Gasteiger partial charge is 0.447 e. The van der Waals surface area contributed by atoms with Crippen LogP contribution in [0.15, 0.2) is 35.3 Å². The molecule has 0 bridgehead atoms. The maximum Gasteiger partial charge on any atom is 0.273 e. The number of carbonyl (C=O) groups excluding carboxylic acids is 1. The normalized spacial score (nSPS) is 21.7. The molecule has 0 spiro atoms. The van der Waals surface area contributed by atoms with E-state index in [-0.39, 0.29) is 11.9 Å². The molecule has 6 nitrogen and oxygen atoms in total. The van der Waals surface area contributed by atoms with Crippen molar-refractivity contribution in [1.82, 2.24) is 20.2 Å². The van der Waals surface area contributed by atoms with Crippen molar-refractivity contribution >= 4 is 5.91 Å². The van der Waals surface area contributed by atoms with Gasteiger partial charge in [0.2, 0.25) is 0 Å². The van der Waals surface area contributed by atoms with Crippen molar-refractivity contribution in [2.24, 2.45) is 0 Å². The van der Waals surface area contributed by atoms with Gasteiger partial charge in [0.25, 0.3) is 5.91 Å². The van der Waals surface area contributed by atoms with Crippen LogP contribution in [0.4, 0.5) is 0 Å². The predicted molar refractivity (Wildman–Crippen MR) is 93.1 cm³/mol. The number of nitrogens with zero attached hydrogens (tertiary/aromatic N) is 3. The molecule has 132 valence electrons. The van der Waals surface area contributed by atoms with Crippen LogP contribution in [0.1, 0.15) is 59.8 Å². The zero-order valence-corrected chi connectivity index (χ0v) is 14.4. The number of hydrogen-bond donors (Lipinski definition) is 1. The number of nitrogens with one attached hydrogen (secondary N) is 1. The molecule has 3 heterocycles. The van der Waals surface area contributed by atoms with Crippen LogP contribution in [0.25, 0.3) is 0 Å². The Kier molecular flexibility index (Phi) is 4.78. The van der Waals surface area contributed by atoms with Crippen molar-refractivity contribution in [3.63, 3.8) is 0 Å². The monoisotopic (exact) mass is 340 g/mol. The summed E-state index contributed by atoms with van der Waals surface area (Å²) in [6, 6.07) is 4.33. The Morgan fingerprint density at radius 3 is 2.84 bits per heavy atom. The SMILES string of the molecule is O=C(NC1CCCN(Cc2ccncc2)CC1)c1ncoc1C1CC1. The second-order valence-corrected chi connectivity index (χ2v) is 7.07. The summed E-state index contributed by atoms with van der Waals surface area (Å²) in [5.74, 6) is 1.09. The van der Waals surface area contributed by atoms with Gasteiger partial charge >= 0.3 is 0 Å². The summed E-state index contributed by atoms with van der Waals surface area (Å²) < 4.78 is 5.42. The van der Waals surface area contributed by atoms with Gasteiger partial charge in [-0.25, -0.2) is 4.98 Å². The molecule has 6 heteroatoms. The van der Waals surface area contributed by atoms with E-state index in [1.807, 2.05) is 12.4 Å². The topological polar surface area (TPSA) is 71.3 Å². The first kappa shape index (κ1) is 16.3. The van der Waals surface area contributed by atoms with Gasteiger partial charge in [0.15, 0.2) is 12.1 Å². The molecule has 25 heavy (non-hydrogen) atoms. The highest BCUT2D eigenvalue weighted by Crippen LogP contribution is 2.41. The van der Waals surface area contributed by atoms with E-state index in [0.717, 1.165) is 57.5 Å².